The summed E-state index contributed by atoms with van der Waals surface area (Å²) in [6.45, 7) is 7.83. The Hall–Kier alpha value is -2.26. The number of imidazole rings is 1. The molecule has 1 aliphatic heterocycles. The molecule has 30 heavy (non-hydrogen) atoms. The van der Waals surface area contributed by atoms with Gasteiger partial charge in [0.15, 0.2) is 5.65 Å². The Morgan fingerprint density at radius 3 is 2.50 bits per heavy atom. The number of anilines is 1. The Morgan fingerprint density at radius 1 is 1.27 bits per heavy atom. The molecule has 2 atom stereocenters. The van der Waals surface area contributed by atoms with E-state index in [0.717, 1.165) is 35.4 Å². The van der Waals surface area contributed by atoms with Crippen molar-refractivity contribution in [2.45, 2.75) is 63.7 Å². The van der Waals surface area contributed by atoms with E-state index in [1.54, 1.807) is 0 Å². The van der Waals surface area contributed by atoms with Crippen LogP contribution in [0.15, 0.2) is 18.5 Å². The minimum Gasteiger partial charge on any atom is -0.305 e. The van der Waals surface area contributed by atoms with Crippen molar-refractivity contribution in [2.75, 3.05) is 18.5 Å². The monoisotopic (exact) mass is 431 g/mol. The molecule has 2 aliphatic rings. The fourth-order valence-electron chi connectivity index (χ4n) is 3.57. The maximum Gasteiger partial charge on any atom is 0.331 e. The summed E-state index contributed by atoms with van der Waals surface area (Å²) in [4.78, 5) is 32.2. The molecule has 0 aromatic carbocycles. The maximum atomic E-state index is 12.7. The first-order valence-corrected chi connectivity index (χ1v) is 11.5. The van der Waals surface area contributed by atoms with Gasteiger partial charge < -0.3 is 4.40 Å². The lowest BCUT2D eigenvalue weighted by molar-refractivity contribution is -0.123. The molecule has 1 saturated carbocycles. The van der Waals surface area contributed by atoms with Crippen molar-refractivity contribution in [3.05, 3.63) is 29.7 Å². The third-order valence-corrected chi connectivity index (χ3v) is 7.28. The number of nitrogens with one attached hydrogen (secondary N) is 1. The first-order valence-electron chi connectivity index (χ1n) is 10.4. The zero-order valence-electron chi connectivity index (χ0n) is 18.1. The number of hydrogen-bond donors (Lipinski definition) is 1. The molecule has 1 saturated heterocycles. The smallest absolute Gasteiger partial charge is 0.305 e. The molecule has 1 unspecified atom stereocenters. The lowest BCUT2D eigenvalue weighted by atomic mass is 10.1. The van der Waals surface area contributed by atoms with E-state index < -0.39 is 11.0 Å². The van der Waals surface area contributed by atoms with Crippen LogP contribution in [-0.2, 0) is 15.8 Å². The van der Waals surface area contributed by atoms with Crippen LogP contribution in [-0.4, -0.2) is 48.8 Å². The number of rotatable bonds is 6. The van der Waals surface area contributed by atoms with Crippen molar-refractivity contribution in [2.24, 2.45) is 0 Å². The summed E-state index contributed by atoms with van der Waals surface area (Å²) >= 11 is 0. The topological polar surface area (TPSA) is 87.0 Å². The third kappa shape index (κ3) is 3.76. The normalized spacial score (nSPS) is 19.8. The number of hydrogen-bond acceptors (Lipinski definition) is 4. The Morgan fingerprint density at radius 2 is 1.97 bits per heavy atom. The largest absolute Gasteiger partial charge is 0.331 e. The van der Waals surface area contributed by atoms with E-state index in [4.69, 9.17) is 4.98 Å². The SMILES string of the molecule is CC[C@@H](NS(=O)C(C)(C)C)c1cn2cc(C3CC3)cc(N3CC(=O)N(C)C3=O)c2n1. The molecule has 4 rings (SSSR count). The molecule has 2 aromatic rings. The molecule has 1 aliphatic carbocycles. The minimum atomic E-state index is -1.23. The van der Waals surface area contributed by atoms with Crippen molar-refractivity contribution in [3.63, 3.8) is 0 Å². The fraction of sp³-hybridized carbons (Fsp3) is 0.571. The number of urea groups is 1. The predicted octanol–water partition coefficient (Wildman–Crippen LogP) is 3.11. The zero-order valence-corrected chi connectivity index (χ0v) is 19.0. The number of imide groups is 1. The summed E-state index contributed by atoms with van der Waals surface area (Å²) in [5.74, 6) is 0.258. The Bertz CT molecular complexity index is 1040. The van der Waals surface area contributed by atoms with Gasteiger partial charge in [0.2, 0.25) is 5.91 Å². The molecule has 0 spiro atoms. The van der Waals surface area contributed by atoms with E-state index in [0.29, 0.717) is 17.3 Å². The molecule has 3 amide bonds. The van der Waals surface area contributed by atoms with Gasteiger partial charge in [-0.25, -0.2) is 18.7 Å². The van der Waals surface area contributed by atoms with E-state index >= 15 is 0 Å². The van der Waals surface area contributed by atoms with Crippen molar-refractivity contribution >= 4 is 34.3 Å². The molecular weight excluding hydrogens is 402 g/mol. The molecule has 0 radical (unpaired) electrons. The molecule has 0 bridgehead atoms. The summed E-state index contributed by atoms with van der Waals surface area (Å²) in [5, 5.41) is 0. The second kappa shape index (κ2) is 7.46. The highest BCUT2D eigenvalue weighted by atomic mass is 32.2. The van der Waals surface area contributed by atoms with Crippen LogP contribution in [0.2, 0.25) is 0 Å². The number of likely N-dealkylation sites (N-methyl/N-ethyl adjacent to an activating group) is 1. The number of carbonyl (C=O) groups is 2. The van der Waals surface area contributed by atoms with E-state index in [9.17, 15) is 13.8 Å². The summed E-state index contributed by atoms with van der Waals surface area (Å²) in [7, 11) is 0.274. The molecule has 8 nitrogen and oxygen atoms in total. The third-order valence-electron chi connectivity index (χ3n) is 5.67. The number of fused-ring (bicyclic) bond motifs is 1. The van der Waals surface area contributed by atoms with Crippen molar-refractivity contribution < 1.29 is 13.8 Å². The van der Waals surface area contributed by atoms with Gasteiger partial charge in [-0.15, -0.1) is 0 Å². The van der Waals surface area contributed by atoms with E-state index in [1.807, 2.05) is 44.4 Å². The van der Waals surface area contributed by atoms with Gasteiger partial charge in [0.25, 0.3) is 0 Å². The average Bonchev–Trinajstić information content (AvgIpc) is 3.40. The summed E-state index contributed by atoms with van der Waals surface area (Å²) < 4.78 is 17.4. The molecule has 9 heteroatoms. The second-order valence-electron chi connectivity index (χ2n) is 9.11. The van der Waals surface area contributed by atoms with Gasteiger partial charge in [-0.2, -0.15) is 0 Å². The Labute approximate surface area is 179 Å². The van der Waals surface area contributed by atoms with Crippen LogP contribution in [0, 0.1) is 0 Å². The van der Waals surface area contributed by atoms with Gasteiger partial charge in [-0.3, -0.25) is 14.6 Å². The average molecular weight is 432 g/mol. The quantitative estimate of drug-likeness (QED) is 0.712. The molecule has 2 aromatic heterocycles. The van der Waals surface area contributed by atoms with Crippen LogP contribution in [0.25, 0.3) is 5.65 Å². The number of aromatic nitrogens is 2. The number of amides is 3. The van der Waals surface area contributed by atoms with Crippen LogP contribution < -0.4 is 9.62 Å². The molecule has 3 heterocycles. The molecule has 1 N–H and O–H groups in total. The van der Waals surface area contributed by atoms with Gasteiger partial charge in [0.1, 0.15) is 6.54 Å². The highest BCUT2D eigenvalue weighted by Gasteiger charge is 2.37. The van der Waals surface area contributed by atoms with Gasteiger partial charge in [-0.05, 0) is 57.6 Å². The molecule has 2 fully saturated rings. The summed E-state index contributed by atoms with van der Waals surface area (Å²) in [5.41, 5.74) is 3.21. The van der Waals surface area contributed by atoms with Crippen LogP contribution in [0.3, 0.4) is 0 Å². The minimum absolute atomic E-state index is 0.0187. The summed E-state index contributed by atoms with van der Waals surface area (Å²) in [6.07, 6.45) is 6.98. The highest BCUT2D eigenvalue weighted by Crippen LogP contribution is 2.42. The highest BCUT2D eigenvalue weighted by molar-refractivity contribution is 7.84. The Kier molecular flexibility index (Phi) is 5.22. The van der Waals surface area contributed by atoms with Gasteiger partial charge in [0.05, 0.1) is 33.2 Å². The lowest BCUT2D eigenvalue weighted by Gasteiger charge is -2.22. The fourth-order valence-corrected chi connectivity index (χ4v) is 4.47. The number of nitrogens with zero attached hydrogens (tertiary/aromatic N) is 4. The van der Waals surface area contributed by atoms with E-state index in [-0.39, 0.29) is 29.3 Å². The first kappa shape index (κ1) is 21.0. The van der Waals surface area contributed by atoms with Crippen molar-refractivity contribution in [1.82, 2.24) is 19.0 Å². The van der Waals surface area contributed by atoms with Crippen LogP contribution in [0.5, 0.6) is 0 Å². The molecule has 162 valence electrons. The second-order valence-corrected chi connectivity index (χ2v) is 11.1. The van der Waals surface area contributed by atoms with Gasteiger partial charge in [0, 0.05) is 19.4 Å². The van der Waals surface area contributed by atoms with Crippen molar-refractivity contribution in [3.8, 4) is 0 Å². The maximum absolute atomic E-state index is 12.7. The number of carbonyl (C=O) groups excluding carboxylic acids is 2. The zero-order chi connectivity index (χ0) is 21.8. The lowest BCUT2D eigenvalue weighted by Crippen LogP contribution is -2.35. The van der Waals surface area contributed by atoms with E-state index in [2.05, 4.69) is 10.9 Å². The first-order chi connectivity index (χ1) is 14.1. The van der Waals surface area contributed by atoms with E-state index in [1.165, 1.54) is 11.9 Å². The Balaban J connectivity index is 1.77. The van der Waals surface area contributed by atoms with Crippen LogP contribution >= 0.6 is 0 Å². The standard InChI is InChI=1S/C21H29N5O3S/c1-6-15(23-30(29)21(2,3)4)16-11-25-10-14(13-7-8-13)9-17(19(25)22-16)26-12-18(27)24(5)20(26)28/h9-11,13,15,23H,6-8,12H2,1-5H3/t15-,30?/m1/s1. The van der Waals surface area contributed by atoms with Crippen molar-refractivity contribution in [1.29, 1.82) is 0 Å². The summed E-state index contributed by atoms with van der Waals surface area (Å²) in [6, 6.07) is 1.48. The van der Waals surface area contributed by atoms with Crippen LogP contribution in [0.4, 0.5) is 10.5 Å². The molecular formula is C21H29N5O3S. The predicted molar refractivity (Wildman–Crippen MR) is 117 cm³/mol. The van der Waals surface area contributed by atoms with Gasteiger partial charge >= 0.3 is 6.03 Å². The van der Waals surface area contributed by atoms with Gasteiger partial charge in [-0.1, -0.05) is 6.92 Å². The number of pyridine rings is 1. The van der Waals surface area contributed by atoms with Crippen LogP contribution in [0.1, 0.15) is 70.2 Å².